The van der Waals surface area contributed by atoms with Crippen LogP contribution >= 0.6 is 0 Å². The lowest BCUT2D eigenvalue weighted by molar-refractivity contribution is -0.201. The summed E-state index contributed by atoms with van der Waals surface area (Å²) in [4.78, 5) is 28.6. The number of nitrogens with zero attached hydrogens (tertiary/aromatic N) is 2. The third-order valence-electron chi connectivity index (χ3n) is 6.27. The molecule has 4 unspecified atom stereocenters. The van der Waals surface area contributed by atoms with E-state index in [4.69, 9.17) is 4.74 Å². The smallest absolute Gasteiger partial charge is 0.327 e. The van der Waals surface area contributed by atoms with Crippen molar-refractivity contribution >= 4 is 11.9 Å². The number of urea groups is 1. The van der Waals surface area contributed by atoms with Crippen molar-refractivity contribution in [3.8, 4) is 0 Å². The maximum absolute atomic E-state index is 12.9. The fraction of sp³-hybridized carbons (Fsp3) is 0.905. The highest BCUT2D eigenvalue weighted by atomic mass is 16.5. The Morgan fingerprint density at radius 1 is 1.26 bits per heavy atom. The van der Waals surface area contributed by atoms with Crippen LogP contribution < -0.4 is 0 Å². The molecular weight excluding hydrogens is 344 g/mol. The van der Waals surface area contributed by atoms with E-state index in [0.29, 0.717) is 18.9 Å². The van der Waals surface area contributed by atoms with E-state index < -0.39 is 11.6 Å². The van der Waals surface area contributed by atoms with Crippen LogP contribution in [-0.2, 0) is 9.53 Å². The highest BCUT2D eigenvalue weighted by molar-refractivity contribution is 6.06. The number of imide groups is 1. The second-order valence-electron chi connectivity index (χ2n) is 9.25. The molecule has 2 heterocycles. The fourth-order valence-electron chi connectivity index (χ4n) is 4.21. The minimum atomic E-state index is -0.897. The maximum Gasteiger partial charge on any atom is 0.327 e. The van der Waals surface area contributed by atoms with Crippen LogP contribution in [-0.4, -0.2) is 63.3 Å². The predicted molar refractivity (Wildman–Crippen MR) is 105 cm³/mol. The van der Waals surface area contributed by atoms with Gasteiger partial charge in [-0.1, -0.05) is 40.0 Å². The summed E-state index contributed by atoms with van der Waals surface area (Å²) >= 11 is 0. The molecule has 27 heavy (non-hydrogen) atoms. The van der Waals surface area contributed by atoms with Crippen LogP contribution in [0.4, 0.5) is 4.79 Å². The largest absolute Gasteiger partial charge is 0.391 e. The summed E-state index contributed by atoms with van der Waals surface area (Å²) in [6.07, 6.45) is 5.07. The van der Waals surface area contributed by atoms with Crippen molar-refractivity contribution in [2.45, 2.75) is 103 Å². The first-order valence-corrected chi connectivity index (χ1v) is 10.5. The lowest BCUT2D eigenvalue weighted by atomic mass is 9.88. The SMILES string of the molecule is CCCCC(C)CC(O)CN1C(=O)N(CC2CC(C)(CC)O2)C(C)(C)C1=O. The van der Waals surface area contributed by atoms with Crippen LogP contribution in [0.2, 0.25) is 0 Å². The number of hydrogen-bond acceptors (Lipinski definition) is 4. The molecule has 0 radical (unpaired) electrons. The highest BCUT2D eigenvalue weighted by Crippen LogP contribution is 2.38. The molecule has 0 aliphatic carbocycles. The van der Waals surface area contributed by atoms with Gasteiger partial charge in [-0.25, -0.2) is 4.79 Å². The van der Waals surface area contributed by atoms with Crippen LogP contribution in [0.3, 0.4) is 0 Å². The number of carbonyl (C=O) groups is 2. The standard InChI is InChI=1S/C21H38N2O4/c1-7-9-10-15(3)11-16(24)13-22-18(25)20(4,5)23(19(22)26)14-17-12-21(6,8-2)27-17/h15-17,24H,7-14H2,1-6H3. The quantitative estimate of drug-likeness (QED) is 0.587. The first-order chi connectivity index (χ1) is 12.5. The number of unbranched alkanes of at least 4 members (excludes halogenated alkanes) is 1. The first kappa shape index (κ1) is 22.2. The van der Waals surface area contributed by atoms with Gasteiger partial charge in [-0.05, 0) is 39.5 Å². The number of amides is 3. The molecule has 3 amide bonds. The van der Waals surface area contributed by atoms with E-state index in [1.54, 1.807) is 18.7 Å². The molecule has 2 rings (SSSR count). The molecule has 2 fully saturated rings. The monoisotopic (exact) mass is 382 g/mol. The van der Waals surface area contributed by atoms with Crippen LogP contribution in [0.5, 0.6) is 0 Å². The van der Waals surface area contributed by atoms with Gasteiger partial charge < -0.3 is 14.7 Å². The summed E-state index contributed by atoms with van der Waals surface area (Å²) in [5, 5.41) is 10.4. The van der Waals surface area contributed by atoms with Gasteiger partial charge in [0, 0.05) is 13.0 Å². The minimum Gasteiger partial charge on any atom is -0.391 e. The van der Waals surface area contributed by atoms with Crippen molar-refractivity contribution in [2.75, 3.05) is 13.1 Å². The molecular formula is C21H38N2O4. The van der Waals surface area contributed by atoms with Crippen molar-refractivity contribution in [3.05, 3.63) is 0 Å². The Hall–Kier alpha value is -1.14. The van der Waals surface area contributed by atoms with E-state index in [2.05, 4.69) is 27.7 Å². The molecule has 0 aromatic heterocycles. The summed E-state index contributed by atoms with van der Waals surface area (Å²) in [6.45, 7) is 12.5. The summed E-state index contributed by atoms with van der Waals surface area (Å²) in [6, 6.07) is -0.307. The molecule has 6 heteroatoms. The van der Waals surface area contributed by atoms with Gasteiger partial charge in [0.05, 0.1) is 24.4 Å². The first-order valence-electron chi connectivity index (χ1n) is 10.5. The Morgan fingerprint density at radius 2 is 1.89 bits per heavy atom. The summed E-state index contributed by atoms with van der Waals surface area (Å²) in [5.74, 6) is 0.150. The average Bonchev–Trinajstić information content (AvgIpc) is 2.72. The van der Waals surface area contributed by atoms with Crippen LogP contribution in [0.15, 0.2) is 0 Å². The van der Waals surface area contributed by atoms with Gasteiger partial charge in [-0.3, -0.25) is 9.69 Å². The van der Waals surface area contributed by atoms with Crippen molar-refractivity contribution < 1.29 is 19.4 Å². The molecule has 2 aliphatic rings. The van der Waals surface area contributed by atoms with E-state index in [1.165, 1.54) is 4.90 Å². The number of aliphatic hydroxyl groups is 1. The Kier molecular flexibility index (Phi) is 6.96. The van der Waals surface area contributed by atoms with E-state index in [1.807, 2.05) is 0 Å². The van der Waals surface area contributed by atoms with Crippen molar-refractivity contribution in [2.24, 2.45) is 5.92 Å². The third kappa shape index (κ3) is 4.83. The minimum absolute atomic E-state index is 0.0232. The molecule has 2 saturated heterocycles. The van der Waals surface area contributed by atoms with Crippen molar-refractivity contribution in [3.63, 3.8) is 0 Å². The zero-order chi connectivity index (χ0) is 20.4. The average molecular weight is 383 g/mol. The lowest BCUT2D eigenvalue weighted by Gasteiger charge is -2.47. The number of hydrogen-bond donors (Lipinski definition) is 1. The number of aliphatic hydroxyl groups excluding tert-OH is 1. The summed E-state index contributed by atoms with van der Waals surface area (Å²) < 4.78 is 5.95. The molecule has 6 nitrogen and oxygen atoms in total. The zero-order valence-corrected chi connectivity index (χ0v) is 18.0. The number of rotatable bonds is 10. The molecule has 4 atom stereocenters. The van der Waals surface area contributed by atoms with Gasteiger partial charge in [0.25, 0.3) is 5.91 Å². The summed E-state index contributed by atoms with van der Waals surface area (Å²) in [7, 11) is 0. The molecule has 0 saturated carbocycles. The van der Waals surface area contributed by atoms with E-state index in [-0.39, 0.29) is 30.2 Å². The normalized spacial score (nSPS) is 29.8. The molecule has 0 bridgehead atoms. The van der Waals surface area contributed by atoms with Gasteiger partial charge in [-0.2, -0.15) is 0 Å². The number of ether oxygens (including phenoxy) is 1. The molecule has 1 N–H and O–H groups in total. The highest BCUT2D eigenvalue weighted by Gasteiger charge is 2.53. The van der Waals surface area contributed by atoms with E-state index in [0.717, 1.165) is 32.1 Å². The maximum atomic E-state index is 12.9. The molecule has 0 spiro atoms. The molecule has 156 valence electrons. The molecule has 2 aliphatic heterocycles. The van der Waals surface area contributed by atoms with Crippen LogP contribution in [0.1, 0.15) is 80.1 Å². The summed E-state index contributed by atoms with van der Waals surface area (Å²) in [5.41, 5.74) is -1.00. The second kappa shape index (κ2) is 8.48. The molecule has 0 aromatic rings. The van der Waals surface area contributed by atoms with Crippen molar-refractivity contribution in [1.82, 2.24) is 9.80 Å². The van der Waals surface area contributed by atoms with E-state index in [9.17, 15) is 14.7 Å². The van der Waals surface area contributed by atoms with Gasteiger partial charge in [-0.15, -0.1) is 0 Å². The van der Waals surface area contributed by atoms with Crippen molar-refractivity contribution in [1.29, 1.82) is 0 Å². The lowest BCUT2D eigenvalue weighted by Crippen LogP contribution is -2.56. The van der Waals surface area contributed by atoms with Gasteiger partial charge in [0.15, 0.2) is 0 Å². The van der Waals surface area contributed by atoms with Gasteiger partial charge in [0.1, 0.15) is 5.54 Å². The molecule has 0 aromatic carbocycles. The topological polar surface area (TPSA) is 70.1 Å². The number of β-amino-alcohol motifs (C(OH)–C–C–N with tert-alkyl or cyclic N) is 1. The Labute approximate surface area is 164 Å². The van der Waals surface area contributed by atoms with E-state index >= 15 is 0 Å². The second-order valence-corrected chi connectivity index (χ2v) is 9.25. The van der Waals surface area contributed by atoms with Gasteiger partial charge >= 0.3 is 6.03 Å². The fourth-order valence-corrected chi connectivity index (χ4v) is 4.21. The Bertz CT molecular complexity index is 542. The van der Waals surface area contributed by atoms with Crippen LogP contribution in [0.25, 0.3) is 0 Å². The van der Waals surface area contributed by atoms with Crippen LogP contribution in [0, 0.1) is 5.92 Å². The Morgan fingerprint density at radius 3 is 2.44 bits per heavy atom. The zero-order valence-electron chi connectivity index (χ0n) is 18.0. The third-order valence-corrected chi connectivity index (χ3v) is 6.27. The number of carbonyl (C=O) groups excluding carboxylic acids is 2. The van der Waals surface area contributed by atoms with Gasteiger partial charge in [0.2, 0.25) is 0 Å². The Balaban J connectivity index is 1.94. The predicted octanol–water partition coefficient (Wildman–Crippen LogP) is 3.56.